The Labute approximate surface area is 106 Å². The molecule has 1 aromatic heterocycles. The molecule has 1 rings (SSSR count). The molecule has 100 valence electrons. The molecule has 1 aromatic rings. The van der Waals surface area contributed by atoms with Crippen molar-refractivity contribution in [3.05, 3.63) is 17.8 Å². The Morgan fingerprint density at radius 3 is 2.72 bits per heavy atom. The van der Waals surface area contributed by atoms with Crippen LogP contribution in [0.25, 0.3) is 0 Å². The summed E-state index contributed by atoms with van der Waals surface area (Å²) in [6.45, 7) is 4.64. The molecule has 1 atom stereocenters. The smallest absolute Gasteiger partial charge is 0.337 e. The topological polar surface area (TPSA) is 97.5 Å². The van der Waals surface area contributed by atoms with Crippen molar-refractivity contribution < 1.29 is 14.6 Å². The van der Waals surface area contributed by atoms with Crippen LogP contribution < -0.4 is 11.1 Å². The summed E-state index contributed by atoms with van der Waals surface area (Å²) in [7, 11) is 1.63. The van der Waals surface area contributed by atoms with Crippen molar-refractivity contribution in [2.24, 2.45) is 5.92 Å². The number of pyridine rings is 1. The maximum Gasteiger partial charge on any atom is 0.337 e. The normalized spacial score (nSPS) is 12.4. The number of aromatic carboxylic acids is 1. The van der Waals surface area contributed by atoms with Crippen LogP contribution in [0.4, 0.5) is 11.5 Å². The highest BCUT2D eigenvalue weighted by Gasteiger charge is 2.15. The second-order valence-electron chi connectivity index (χ2n) is 4.42. The van der Waals surface area contributed by atoms with E-state index < -0.39 is 5.97 Å². The van der Waals surface area contributed by atoms with Crippen LogP contribution in [0.15, 0.2) is 12.3 Å². The van der Waals surface area contributed by atoms with E-state index in [9.17, 15) is 4.79 Å². The predicted octanol–water partition coefficient (Wildman–Crippen LogP) is 1.44. The van der Waals surface area contributed by atoms with E-state index in [0.29, 0.717) is 24.0 Å². The van der Waals surface area contributed by atoms with E-state index in [1.807, 2.05) is 0 Å². The van der Waals surface area contributed by atoms with Gasteiger partial charge in [0.15, 0.2) is 0 Å². The lowest BCUT2D eigenvalue weighted by Crippen LogP contribution is -2.31. The van der Waals surface area contributed by atoms with Crippen LogP contribution in [-0.4, -0.2) is 35.8 Å². The molecule has 0 aliphatic rings. The summed E-state index contributed by atoms with van der Waals surface area (Å²) in [5, 5.41) is 12.0. The molecule has 0 aliphatic carbocycles. The van der Waals surface area contributed by atoms with E-state index in [-0.39, 0.29) is 11.6 Å². The van der Waals surface area contributed by atoms with Crippen molar-refractivity contribution >= 4 is 17.5 Å². The molecule has 0 fully saturated rings. The van der Waals surface area contributed by atoms with Gasteiger partial charge >= 0.3 is 5.97 Å². The number of rotatable bonds is 6. The maximum atomic E-state index is 10.8. The number of aromatic nitrogens is 1. The van der Waals surface area contributed by atoms with Gasteiger partial charge in [-0.05, 0) is 12.0 Å². The monoisotopic (exact) mass is 253 g/mol. The van der Waals surface area contributed by atoms with Crippen LogP contribution >= 0.6 is 0 Å². The number of nitrogens with zero attached hydrogens (tertiary/aromatic N) is 1. The van der Waals surface area contributed by atoms with Crippen molar-refractivity contribution in [2.75, 3.05) is 24.8 Å². The Balaban J connectivity index is 2.86. The highest BCUT2D eigenvalue weighted by atomic mass is 16.5. The molecule has 4 N–H and O–H groups in total. The fourth-order valence-corrected chi connectivity index (χ4v) is 1.48. The van der Waals surface area contributed by atoms with Crippen molar-refractivity contribution in [1.82, 2.24) is 4.98 Å². The fraction of sp³-hybridized carbons (Fsp3) is 0.500. The maximum absolute atomic E-state index is 10.8. The van der Waals surface area contributed by atoms with E-state index in [4.69, 9.17) is 15.6 Å². The van der Waals surface area contributed by atoms with Gasteiger partial charge in [0.05, 0.1) is 23.9 Å². The lowest BCUT2D eigenvalue weighted by molar-refractivity contribution is 0.0696. The molecule has 0 spiro atoms. The minimum absolute atomic E-state index is 0.0699. The summed E-state index contributed by atoms with van der Waals surface area (Å²) < 4.78 is 5.11. The molecule has 6 heteroatoms. The van der Waals surface area contributed by atoms with E-state index in [1.165, 1.54) is 12.3 Å². The molecule has 1 heterocycles. The third-order valence-electron chi connectivity index (χ3n) is 2.64. The van der Waals surface area contributed by atoms with E-state index >= 15 is 0 Å². The van der Waals surface area contributed by atoms with Crippen LogP contribution in [0.5, 0.6) is 0 Å². The van der Waals surface area contributed by atoms with Gasteiger partial charge in [0.2, 0.25) is 0 Å². The standard InChI is InChI=1S/C12H19N3O3/c1-7(2)10(6-18-3)15-11-9(13)4-8(5-14-11)12(16)17/h4-5,7,10H,6,13H2,1-3H3,(H,14,15)(H,16,17). The van der Waals surface area contributed by atoms with Crippen LogP contribution in [0.1, 0.15) is 24.2 Å². The van der Waals surface area contributed by atoms with Gasteiger partial charge in [0, 0.05) is 13.3 Å². The first-order valence-electron chi connectivity index (χ1n) is 5.70. The number of hydrogen-bond donors (Lipinski definition) is 3. The number of carboxylic acids is 1. The van der Waals surface area contributed by atoms with Gasteiger partial charge in [-0.15, -0.1) is 0 Å². The average molecular weight is 253 g/mol. The van der Waals surface area contributed by atoms with Crippen LogP contribution in [0.2, 0.25) is 0 Å². The largest absolute Gasteiger partial charge is 0.478 e. The van der Waals surface area contributed by atoms with E-state index in [1.54, 1.807) is 7.11 Å². The number of carbonyl (C=O) groups is 1. The van der Waals surface area contributed by atoms with Crippen molar-refractivity contribution in [2.45, 2.75) is 19.9 Å². The Bertz CT molecular complexity index is 421. The SMILES string of the molecule is COCC(Nc1ncc(C(=O)O)cc1N)C(C)C. The Morgan fingerprint density at radius 1 is 1.61 bits per heavy atom. The summed E-state index contributed by atoms with van der Waals surface area (Å²) in [5.41, 5.74) is 6.17. The summed E-state index contributed by atoms with van der Waals surface area (Å²) in [6, 6.07) is 1.46. The number of hydrogen-bond acceptors (Lipinski definition) is 5. The van der Waals surface area contributed by atoms with Gasteiger partial charge in [-0.2, -0.15) is 0 Å². The zero-order chi connectivity index (χ0) is 13.7. The highest BCUT2D eigenvalue weighted by molar-refractivity contribution is 5.89. The Morgan fingerprint density at radius 2 is 2.28 bits per heavy atom. The third kappa shape index (κ3) is 3.59. The summed E-state index contributed by atoms with van der Waals surface area (Å²) in [6.07, 6.45) is 1.28. The van der Waals surface area contributed by atoms with Crippen LogP contribution in [0, 0.1) is 5.92 Å². The molecule has 0 saturated heterocycles. The number of carboxylic acid groups (broad SMARTS) is 1. The molecule has 0 saturated carbocycles. The number of nitrogens with one attached hydrogen (secondary N) is 1. The Kier molecular flexibility index (Phi) is 4.91. The molecule has 0 aromatic carbocycles. The van der Waals surface area contributed by atoms with Gasteiger partial charge in [-0.3, -0.25) is 0 Å². The number of ether oxygens (including phenoxy) is 1. The van der Waals surface area contributed by atoms with E-state index in [2.05, 4.69) is 24.1 Å². The van der Waals surface area contributed by atoms with Gasteiger partial charge in [-0.1, -0.05) is 13.8 Å². The molecular formula is C12H19N3O3. The fourth-order valence-electron chi connectivity index (χ4n) is 1.48. The van der Waals surface area contributed by atoms with Crippen molar-refractivity contribution in [1.29, 1.82) is 0 Å². The number of nitrogens with two attached hydrogens (primary N) is 1. The first-order chi connectivity index (χ1) is 8.45. The second kappa shape index (κ2) is 6.20. The van der Waals surface area contributed by atoms with Crippen LogP contribution in [0.3, 0.4) is 0 Å². The van der Waals surface area contributed by atoms with Gasteiger partial charge in [0.25, 0.3) is 0 Å². The minimum Gasteiger partial charge on any atom is -0.478 e. The molecule has 0 radical (unpaired) electrons. The summed E-state index contributed by atoms with van der Waals surface area (Å²) >= 11 is 0. The number of anilines is 2. The van der Waals surface area contributed by atoms with E-state index in [0.717, 1.165) is 0 Å². The third-order valence-corrected chi connectivity index (χ3v) is 2.64. The average Bonchev–Trinajstić information content (AvgIpc) is 2.30. The molecular weight excluding hydrogens is 234 g/mol. The summed E-state index contributed by atoms with van der Waals surface area (Å²) in [5.74, 6) is -0.223. The lowest BCUT2D eigenvalue weighted by Gasteiger charge is -2.22. The van der Waals surface area contributed by atoms with Gasteiger partial charge in [-0.25, -0.2) is 9.78 Å². The number of nitrogen functional groups attached to an aromatic ring is 1. The molecule has 1 unspecified atom stereocenters. The number of methoxy groups -OCH3 is 1. The first kappa shape index (κ1) is 14.2. The summed E-state index contributed by atoms with van der Waals surface area (Å²) in [4.78, 5) is 14.8. The van der Waals surface area contributed by atoms with Crippen molar-refractivity contribution in [3.63, 3.8) is 0 Å². The van der Waals surface area contributed by atoms with Gasteiger partial charge in [0.1, 0.15) is 5.82 Å². The Hall–Kier alpha value is -1.82. The molecule has 0 bridgehead atoms. The van der Waals surface area contributed by atoms with Crippen molar-refractivity contribution in [3.8, 4) is 0 Å². The first-order valence-corrected chi connectivity index (χ1v) is 5.70. The molecule has 6 nitrogen and oxygen atoms in total. The molecule has 18 heavy (non-hydrogen) atoms. The highest BCUT2D eigenvalue weighted by Crippen LogP contribution is 2.19. The zero-order valence-electron chi connectivity index (χ0n) is 10.8. The predicted molar refractivity (Wildman–Crippen MR) is 69.7 cm³/mol. The minimum atomic E-state index is -1.04. The lowest BCUT2D eigenvalue weighted by atomic mass is 10.1. The second-order valence-corrected chi connectivity index (χ2v) is 4.42. The zero-order valence-corrected chi connectivity index (χ0v) is 10.8. The quantitative estimate of drug-likeness (QED) is 0.709. The van der Waals surface area contributed by atoms with Crippen LogP contribution in [-0.2, 0) is 4.74 Å². The van der Waals surface area contributed by atoms with Gasteiger partial charge < -0.3 is 20.9 Å². The molecule has 0 amide bonds. The molecule has 0 aliphatic heterocycles.